The van der Waals surface area contributed by atoms with Crippen LogP contribution in [0.5, 0.6) is 0 Å². The zero-order valence-corrected chi connectivity index (χ0v) is 30.4. The molecule has 39 heavy (non-hydrogen) atoms. The van der Waals surface area contributed by atoms with Gasteiger partial charge in [-0.15, -0.1) is 56.9 Å². The molecule has 7 nitrogen and oxygen atoms in total. The molecular formula is C21H31BBrCl3N4NaO3S5. The molecular weight excluding hydrogens is 737 g/mol. The molecule has 0 fully saturated rings. The van der Waals surface area contributed by atoms with E-state index in [2.05, 4.69) is 57.2 Å². The van der Waals surface area contributed by atoms with E-state index in [4.69, 9.17) is 20.9 Å². The van der Waals surface area contributed by atoms with Gasteiger partial charge < -0.3 is 6.53 Å². The summed E-state index contributed by atoms with van der Waals surface area (Å²) in [6.45, 7) is 8.01. The quantitative estimate of drug-likeness (QED) is 0.124. The molecule has 0 aliphatic rings. The van der Waals surface area contributed by atoms with Crippen LogP contribution in [0.1, 0.15) is 55.6 Å². The molecule has 0 aliphatic carbocycles. The molecule has 4 rings (SSSR count). The predicted octanol–water partition coefficient (Wildman–Crippen LogP) is 5.66. The van der Waals surface area contributed by atoms with Gasteiger partial charge in [0.2, 0.25) is 9.23 Å². The summed E-state index contributed by atoms with van der Waals surface area (Å²) in [7, 11) is 7.36. The number of aliphatic hydroxyl groups is 1. The largest absolute Gasteiger partial charge is 1.00 e. The van der Waals surface area contributed by atoms with E-state index < -0.39 is 9.23 Å². The number of thiazole rings is 4. The molecule has 3 radical (unpaired) electrons. The Morgan fingerprint density at radius 2 is 1.26 bits per heavy atom. The molecule has 4 aromatic rings. The summed E-state index contributed by atoms with van der Waals surface area (Å²) in [4.78, 5) is 30.3. The van der Waals surface area contributed by atoms with Crippen molar-refractivity contribution in [3.05, 3.63) is 63.2 Å². The maximum Gasteiger partial charge on any atom is 1.00 e. The number of hydrogen-bond donors (Lipinski definition) is 1. The molecule has 4 aromatic heterocycles. The minimum absolute atomic E-state index is 0. The van der Waals surface area contributed by atoms with Crippen molar-refractivity contribution in [2.24, 2.45) is 0 Å². The number of hydrogen-bond acceptors (Lipinski definition) is 11. The van der Waals surface area contributed by atoms with Crippen molar-refractivity contribution < 1.29 is 45.1 Å². The third-order valence-electron chi connectivity index (χ3n) is 2.92. The fraction of sp³-hybridized carbons (Fsp3) is 0.381. The van der Waals surface area contributed by atoms with Gasteiger partial charge in [-0.25, -0.2) is 24.1 Å². The second-order valence-corrected chi connectivity index (χ2v) is 15.1. The summed E-state index contributed by atoms with van der Waals surface area (Å²) in [6.07, 6.45) is 7.89. The van der Waals surface area contributed by atoms with Crippen LogP contribution in [0.3, 0.4) is 0 Å². The van der Waals surface area contributed by atoms with Gasteiger partial charge in [0.15, 0.2) is 15.2 Å². The normalized spacial score (nSPS) is 8.46. The summed E-state index contributed by atoms with van der Waals surface area (Å²) in [5.41, 5.74) is 0. The topological polar surface area (TPSA) is 106 Å². The molecule has 0 aromatic carbocycles. The zero-order valence-electron chi connectivity index (χ0n) is 21.5. The molecule has 0 aliphatic heterocycles. The third kappa shape index (κ3) is 28.6. The van der Waals surface area contributed by atoms with Crippen LogP contribution >= 0.6 is 94.2 Å². The van der Waals surface area contributed by atoms with Gasteiger partial charge in [0, 0.05) is 74.1 Å². The Bertz CT molecular complexity index is 1100. The minimum Gasteiger partial charge on any atom is -1.00 e. The first-order valence-electron chi connectivity index (χ1n) is 9.19. The first-order chi connectivity index (χ1) is 16.5. The summed E-state index contributed by atoms with van der Waals surface area (Å²) >= 11 is 15.0. The Balaban J connectivity index is -0.0000000889. The van der Waals surface area contributed by atoms with Crippen LogP contribution in [0, 0.1) is 27.7 Å². The van der Waals surface area contributed by atoms with Gasteiger partial charge >= 0.3 is 29.6 Å². The van der Waals surface area contributed by atoms with E-state index in [0.717, 1.165) is 30.0 Å². The second-order valence-electron chi connectivity index (χ2n) is 5.86. The monoisotopic (exact) mass is 765 g/mol. The van der Waals surface area contributed by atoms with Crippen LogP contribution in [-0.4, -0.2) is 44.0 Å². The average molecular weight is 768 g/mol. The number of aromatic nitrogens is 4. The SMILES string of the molecule is C.C.Cc1cnc(Br)s1.Cc1cnc(C=O)s1.Cc1cnc(CCl)s1.Cc1cnc(CO)s1.O=S(Cl)Cl.[B].[H-].[Na+]. The van der Waals surface area contributed by atoms with Crippen LogP contribution in [0.15, 0.2) is 28.7 Å². The Hall–Kier alpha value is 0.715. The third-order valence-corrected chi connectivity index (χ3v) is 7.37. The first kappa shape index (κ1) is 49.4. The van der Waals surface area contributed by atoms with E-state index >= 15 is 0 Å². The van der Waals surface area contributed by atoms with Crippen molar-refractivity contribution in [1.82, 2.24) is 19.9 Å². The molecule has 0 saturated carbocycles. The van der Waals surface area contributed by atoms with E-state index in [1.54, 1.807) is 35.1 Å². The van der Waals surface area contributed by atoms with Gasteiger partial charge in [0.05, 0.1) is 12.5 Å². The van der Waals surface area contributed by atoms with Crippen LogP contribution < -0.4 is 29.6 Å². The number of carbonyl (C=O) groups is 1. The molecule has 0 unspecified atom stereocenters. The van der Waals surface area contributed by atoms with Crippen molar-refractivity contribution in [2.45, 2.75) is 55.0 Å². The fourth-order valence-corrected chi connectivity index (χ4v) is 5.14. The molecule has 4 heterocycles. The van der Waals surface area contributed by atoms with Gasteiger partial charge in [-0.05, 0) is 43.6 Å². The van der Waals surface area contributed by atoms with Crippen LogP contribution in [0.4, 0.5) is 0 Å². The van der Waals surface area contributed by atoms with E-state index in [0.29, 0.717) is 10.9 Å². The number of nitrogens with zero attached hydrogens (tertiary/aromatic N) is 4. The van der Waals surface area contributed by atoms with Crippen molar-refractivity contribution in [2.75, 3.05) is 0 Å². The number of aryl methyl sites for hydroxylation is 4. The van der Waals surface area contributed by atoms with Crippen molar-refractivity contribution in [3.63, 3.8) is 0 Å². The van der Waals surface area contributed by atoms with Gasteiger partial charge in [-0.2, -0.15) is 0 Å². The average Bonchev–Trinajstić information content (AvgIpc) is 3.59. The molecule has 215 valence electrons. The summed E-state index contributed by atoms with van der Waals surface area (Å²) in [5.74, 6) is 0.540. The van der Waals surface area contributed by atoms with Gasteiger partial charge in [-0.1, -0.05) is 14.9 Å². The van der Waals surface area contributed by atoms with E-state index in [-0.39, 0.29) is 60.9 Å². The standard InChI is InChI=1S/C5H6ClNS.C5H7NOS.C5H5NOS.C4H4BrNS.2CH4.B.Cl2OS.Na.H/c1-4-3-7-5(2-6)8-4;2*1-4-2-6-5(3-7)8-4;1-3-2-6-4(5)7-3;;;;1-4(2)3;;/h3H,2H2,1H3;2,7H,3H2,1H3;2-3H,1H3;2H,1H3;2*1H4;;;;/q;;;;;;;;+1;-1. The number of carbonyl (C=O) groups excluding carboxylic acids is 1. The number of halogens is 4. The molecule has 0 saturated heterocycles. The predicted molar refractivity (Wildman–Crippen MR) is 176 cm³/mol. The molecule has 0 amide bonds. The number of rotatable bonds is 3. The number of aldehydes is 1. The summed E-state index contributed by atoms with van der Waals surface area (Å²) in [6, 6.07) is 0. The van der Waals surface area contributed by atoms with Crippen LogP contribution in [-0.2, 0) is 21.7 Å². The van der Waals surface area contributed by atoms with E-state index in [1.165, 1.54) is 32.4 Å². The fourth-order valence-electron chi connectivity index (χ4n) is 1.69. The van der Waals surface area contributed by atoms with Crippen LogP contribution in [0.2, 0.25) is 0 Å². The zero-order chi connectivity index (χ0) is 26.8. The van der Waals surface area contributed by atoms with Crippen LogP contribution in [0.25, 0.3) is 0 Å². The Morgan fingerprint density at radius 3 is 1.41 bits per heavy atom. The second kappa shape index (κ2) is 30.2. The van der Waals surface area contributed by atoms with Gasteiger partial charge in [-0.3, -0.25) is 4.79 Å². The van der Waals surface area contributed by atoms with Crippen molar-refractivity contribution >= 4 is 118 Å². The smallest absolute Gasteiger partial charge is 1.00 e. The summed E-state index contributed by atoms with van der Waals surface area (Å²) < 4.78 is 10.0. The van der Waals surface area contributed by atoms with E-state index in [9.17, 15) is 4.79 Å². The van der Waals surface area contributed by atoms with Gasteiger partial charge in [0.25, 0.3) is 0 Å². The Kier molecular flexibility index (Phi) is 38.2. The van der Waals surface area contributed by atoms with Crippen molar-refractivity contribution in [1.29, 1.82) is 0 Å². The molecule has 0 atom stereocenters. The summed E-state index contributed by atoms with van der Waals surface area (Å²) in [5, 5.41) is 10.9. The number of aliphatic hydroxyl groups excluding tert-OH is 1. The van der Waals surface area contributed by atoms with Gasteiger partial charge in [0.1, 0.15) is 10.0 Å². The maximum absolute atomic E-state index is 9.97. The molecule has 1 N–H and O–H groups in total. The van der Waals surface area contributed by atoms with E-state index in [1.807, 2.05) is 40.1 Å². The molecule has 0 bridgehead atoms. The Morgan fingerprint density at radius 1 is 0.872 bits per heavy atom. The Labute approximate surface area is 298 Å². The van der Waals surface area contributed by atoms with Crippen molar-refractivity contribution in [3.8, 4) is 0 Å². The minimum atomic E-state index is -1.67. The number of alkyl halides is 1. The molecule has 18 heteroatoms. The molecule has 0 spiro atoms. The maximum atomic E-state index is 9.97. The first-order valence-corrected chi connectivity index (χ1v) is 16.6.